The lowest BCUT2D eigenvalue weighted by molar-refractivity contribution is -0.848. The van der Waals surface area contributed by atoms with Crippen molar-refractivity contribution < 1.29 is 12.6 Å². The molecule has 1 N–H and O–H groups in total. The smallest absolute Gasteiger partial charge is 0.261 e. The molecular formula is C8H20NO2S+. The number of quaternary nitrogens is 1. The lowest BCUT2D eigenvalue weighted by Crippen LogP contribution is -2.58. The van der Waals surface area contributed by atoms with Gasteiger partial charge in [-0.2, -0.15) is 4.21 Å². The highest BCUT2D eigenvalue weighted by Crippen LogP contribution is 2.21. The molecule has 12 heavy (non-hydrogen) atoms. The predicted molar refractivity (Wildman–Crippen MR) is 51.8 cm³/mol. The minimum atomic E-state index is -1.78. The van der Waals surface area contributed by atoms with Crippen molar-refractivity contribution in [2.75, 3.05) is 6.54 Å². The van der Waals surface area contributed by atoms with Crippen LogP contribution in [0.5, 0.6) is 0 Å². The Morgan fingerprint density at radius 2 is 1.58 bits per heavy atom. The summed E-state index contributed by atoms with van der Waals surface area (Å²) < 4.78 is 20.7. The maximum absolute atomic E-state index is 11.2. The molecule has 0 bridgehead atoms. The summed E-state index contributed by atoms with van der Waals surface area (Å²) in [4.78, 5) is 0. The van der Waals surface area contributed by atoms with Crippen molar-refractivity contribution in [2.24, 2.45) is 0 Å². The summed E-state index contributed by atoms with van der Waals surface area (Å²) in [6.07, 6.45) is 0. The van der Waals surface area contributed by atoms with E-state index in [1.807, 2.05) is 34.6 Å². The molecule has 0 spiro atoms. The van der Waals surface area contributed by atoms with Crippen LogP contribution in [0, 0.1) is 0 Å². The molecule has 0 radical (unpaired) electrons. The summed E-state index contributed by atoms with van der Waals surface area (Å²) in [5, 5.41) is 0. The first kappa shape index (κ1) is 12.1. The molecule has 0 saturated heterocycles. The van der Waals surface area contributed by atoms with Gasteiger partial charge in [-0.1, -0.05) is 0 Å². The van der Waals surface area contributed by atoms with Crippen LogP contribution in [0.25, 0.3) is 0 Å². The third-order valence-corrected chi connectivity index (χ3v) is 4.22. The van der Waals surface area contributed by atoms with Gasteiger partial charge < -0.3 is 0 Å². The molecule has 1 unspecified atom stereocenters. The number of nitrogens with zero attached hydrogens (tertiary/aromatic N) is 1. The van der Waals surface area contributed by atoms with Crippen molar-refractivity contribution in [3.8, 4) is 0 Å². The van der Waals surface area contributed by atoms with Gasteiger partial charge in [0.15, 0.2) is 0 Å². The first-order valence-electron chi connectivity index (χ1n) is 4.38. The lowest BCUT2D eigenvalue weighted by atomic mass is 10.2. The molecule has 4 heteroatoms. The summed E-state index contributed by atoms with van der Waals surface area (Å²) in [5.41, 5.74) is 0. The number of rotatable bonds is 4. The number of hydrogen-bond donors (Lipinski definition) is 1. The molecule has 0 rings (SSSR count). The first-order valence-corrected chi connectivity index (χ1v) is 5.44. The van der Waals surface area contributed by atoms with Crippen molar-refractivity contribution in [1.82, 2.24) is 0 Å². The molecule has 0 aromatic carbocycles. The number of hydrogen-bond acceptors (Lipinski definition) is 1. The monoisotopic (exact) mass is 194 g/mol. The molecule has 0 aromatic rings. The highest BCUT2D eigenvalue weighted by Gasteiger charge is 2.39. The van der Waals surface area contributed by atoms with Crippen LogP contribution in [-0.2, 0) is 11.3 Å². The average Bonchev–Trinajstić information content (AvgIpc) is 1.86. The molecule has 0 saturated carbocycles. The predicted octanol–water partition coefficient (Wildman–Crippen LogP) is 1.78. The van der Waals surface area contributed by atoms with Crippen molar-refractivity contribution >= 4 is 11.3 Å². The summed E-state index contributed by atoms with van der Waals surface area (Å²) in [6, 6.07) is 0.363. The summed E-state index contributed by atoms with van der Waals surface area (Å²) in [5.74, 6) is 0. The molecule has 0 aromatic heterocycles. The van der Waals surface area contributed by atoms with Crippen LogP contribution in [0.3, 0.4) is 0 Å². The van der Waals surface area contributed by atoms with E-state index < -0.39 is 11.3 Å². The zero-order valence-electron chi connectivity index (χ0n) is 8.57. The van der Waals surface area contributed by atoms with Gasteiger partial charge in [-0.25, -0.2) is 3.89 Å². The fourth-order valence-corrected chi connectivity index (χ4v) is 2.74. The topological polar surface area (TPSA) is 37.3 Å². The van der Waals surface area contributed by atoms with Crippen LogP contribution in [-0.4, -0.2) is 31.3 Å². The molecule has 1 atom stereocenters. The third kappa shape index (κ3) is 1.87. The standard InChI is InChI=1S/C8H19NO2S/c1-6-9(7(2)3,8(4)5)12(10)11/h7-8H,6H2,1-5H3/p+1. The minimum absolute atomic E-state index is 0.181. The Balaban J connectivity index is 4.90. The Morgan fingerprint density at radius 3 is 1.58 bits per heavy atom. The van der Waals surface area contributed by atoms with Crippen molar-refractivity contribution in [3.05, 3.63) is 0 Å². The SMILES string of the molecule is CC[N+](C(C)C)(C(C)C)S(=O)O. The van der Waals surface area contributed by atoms with Crippen LogP contribution in [0.4, 0.5) is 0 Å². The fourth-order valence-electron chi connectivity index (χ4n) is 1.80. The van der Waals surface area contributed by atoms with Crippen LogP contribution in [0.15, 0.2) is 0 Å². The Bertz CT molecular complexity index is 160. The van der Waals surface area contributed by atoms with Gasteiger partial charge in [-0.05, 0) is 34.6 Å². The summed E-state index contributed by atoms with van der Waals surface area (Å²) >= 11 is -1.78. The van der Waals surface area contributed by atoms with E-state index >= 15 is 0 Å². The third-order valence-electron chi connectivity index (χ3n) is 2.53. The maximum atomic E-state index is 11.2. The first-order chi connectivity index (χ1) is 5.39. The van der Waals surface area contributed by atoms with E-state index in [9.17, 15) is 8.76 Å². The minimum Gasteiger partial charge on any atom is -0.261 e. The highest BCUT2D eigenvalue weighted by atomic mass is 32.2. The Labute approximate surface area is 77.8 Å². The van der Waals surface area contributed by atoms with Gasteiger partial charge in [0.25, 0.3) is 0 Å². The van der Waals surface area contributed by atoms with Gasteiger partial charge >= 0.3 is 11.3 Å². The Kier molecular flexibility index (Phi) is 4.37. The zero-order valence-corrected chi connectivity index (χ0v) is 9.39. The van der Waals surface area contributed by atoms with E-state index in [1.54, 1.807) is 0 Å². The van der Waals surface area contributed by atoms with Crippen LogP contribution in [0.2, 0.25) is 0 Å². The van der Waals surface area contributed by atoms with Gasteiger partial charge in [-0.15, -0.1) is 0 Å². The van der Waals surface area contributed by atoms with Crippen LogP contribution >= 0.6 is 0 Å². The van der Waals surface area contributed by atoms with E-state index in [0.29, 0.717) is 6.54 Å². The van der Waals surface area contributed by atoms with E-state index in [4.69, 9.17) is 0 Å². The zero-order chi connectivity index (χ0) is 9.94. The molecular weight excluding hydrogens is 174 g/mol. The summed E-state index contributed by atoms with van der Waals surface area (Å²) in [7, 11) is 0. The van der Waals surface area contributed by atoms with Crippen molar-refractivity contribution in [3.63, 3.8) is 0 Å². The van der Waals surface area contributed by atoms with E-state index in [-0.39, 0.29) is 16.0 Å². The Morgan fingerprint density at radius 1 is 1.25 bits per heavy atom. The van der Waals surface area contributed by atoms with Gasteiger partial charge in [0.05, 0.1) is 18.6 Å². The second-order valence-corrected chi connectivity index (χ2v) is 4.73. The van der Waals surface area contributed by atoms with Gasteiger partial charge in [-0.3, -0.25) is 4.55 Å². The van der Waals surface area contributed by atoms with Crippen molar-refractivity contribution in [2.45, 2.75) is 46.7 Å². The molecule has 3 nitrogen and oxygen atoms in total. The molecule has 0 aliphatic carbocycles. The molecule has 0 aliphatic heterocycles. The Hall–Kier alpha value is 0.0700. The van der Waals surface area contributed by atoms with E-state index in [0.717, 1.165) is 0 Å². The molecule has 0 aliphatic rings. The van der Waals surface area contributed by atoms with Gasteiger partial charge in [0.2, 0.25) is 0 Å². The molecule has 0 amide bonds. The fraction of sp³-hybridized carbons (Fsp3) is 1.00. The van der Waals surface area contributed by atoms with E-state index in [2.05, 4.69) is 0 Å². The maximum Gasteiger partial charge on any atom is 0.359 e. The average molecular weight is 194 g/mol. The van der Waals surface area contributed by atoms with Crippen LogP contribution in [0.1, 0.15) is 34.6 Å². The largest absolute Gasteiger partial charge is 0.359 e. The lowest BCUT2D eigenvalue weighted by Gasteiger charge is -2.39. The van der Waals surface area contributed by atoms with Crippen LogP contribution < -0.4 is 0 Å². The second-order valence-electron chi connectivity index (χ2n) is 3.59. The quantitative estimate of drug-likeness (QED) is 0.547. The molecule has 0 fully saturated rings. The second kappa shape index (κ2) is 4.35. The molecule has 74 valence electrons. The van der Waals surface area contributed by atoms with Gasteiger partial charge in [0, 0.05) is 0 Å². The molecule has 0 heterocycles. The van der Waals surface area contributed by atoms with E-state index in [1.165, 1.54) is 0 Å². The highest BCUT2D eigenvalue weighted by molar-refractivity contribution is 7.73. The normalized spacial score (nSPS) is 15.7. The summed E-state index contributed by atoms with van der Waals surface area (Å²) in [6.45, 7) is 10.6. The van der Waals surface area contributed by atoms with Crippen molar-refractivity contribution in [1.29, 1.82) is 0 Å². The van der Waals surface area contributed by atoms with Gasteiger partial charge in [0.1, 0.15) is 0 Å².